The van der Waals surface area contributed by atoms with E-state index in [-0.39, 0.29) is 5.92 Å². The van der Waals surface area contributed by atoms with Gasteiger partial charge in [-0.15, -0.1) is 11.3 Å². The zero-order valence-corrected chi connectivity index (χ0v) is 11.4. The number of aryl methyl sites for hydroxylation is 1. The average Bonchev–Trinajstić information content (AvgIpc) is 2.55. The van der Waals surface area contributed by atoms with Crippen LogP contribution in [0.1, 0.15) is 29.1 Å². The van der Waals surface area contributed by atoms with Crippen molar-refractivity contribution in [2.24, 2.45) is 5.92 Å². The van der Waals surface area contributed by atoms with E-state index in [2.05, 4.69) is 5.32 Å². The topological polar surface area (TPSA) is 66.4 Å². The van der Waals surface area contributed by atoms with E-state index in [9.17, 15) is 9.59 Å². The Morgan fingerprint density at radius 3 is 2.41 bits per heavy atom. The number of carbonyl (C=O) groups is 2. The quantitative estimate of drug-likeness (QED) is 0.887. The molecule has 0 aliphatic heterocycles. The van der Waals surface area contributed by atoms with Crippen molar-refractivity contribution >= 4 is 34.8 Å². The number of hydrogen-bond donors (Lipinski definition) is 2. The number of thiophene rings is 1. The Labute approximate surface area is 109 Å². The molecule has 1 aromatic rings. The van der Waals surface area contributed by atoms with Crippen LogP contribution >= 0.6 is 22.9 Å². The lowest BCUT2D eigenvalue weighted by Gasteiger charge is -2.17. The number of carbonyl (C=O) groups excluding carboxylic acids is 1. The molecule has 0 spiro atoms. The normalized spacial score (nSPS) is 12.5. The highest BCUT2D eigenvalue weighted by Gasteiger charge is 2.25. The highest BCUT2D eigenvalue weighted by atomic mass is 35.5. The summed E-state index contributed by atoms with van der Waals surface area (Å²) in [6, 6.07) is -0.902. The van der Waals surface area contributed by atoms with Gasteiger partial charge >= 0.3 is 5.97 Å². The minimum Gasteiger partial charge on any atom is -0.480 e. The molecule has 0 aliphatic carbocycles. The van der Waals surface area contributed by atoms with Gasteiger partial charge < -0.3 is 10.4 Å². The number of hydrogen-bond acceptors (Lipinski definition) is 3. The van der Waals surface area contributed by atoms with E-state index in [1.54, 1.807) is 26.2 Å². The van der Waals surface area contributed by atoms with Crippen molar-refractivity contribution in [3.05, 3.63) is 20.8 Å². The first kappa shape index (κ1) is 14.0. The second-order valence-corrected chi connectivity index (χ2v) is 5.35. The second kappa shape index (κ2) is 5.51. The number of aliphatic carboxylic acids is 1. The molecule has 0 aromatic carbocycles. The maximum Gasteiger partial charge on any atom is 0.326 e. The van der Waals surface area contributed by atoms with Crippen molar-refractivity contribution in [2.75, 3.05) is 0 Å². The summed E-state index contributed by atoms with van der Waals surface area (Å²) in [4.78, 5) is 23.2. The summed E-state index contributed by atoms with van der Waals surface area (Å²) in [5.41, 5.74) is 0.818. The van der Waals surface area contributed by atoms with Crippen LogP contribution in [0, 0.1) is 12.8 Å². The van der Waals surface area contributed by atoms with Crippen molar-refractivity contribution in [3.63, 3.8) is 0 Å². The van der Waals surface area contributed by atoms with Gasteiger partial charge in [0.05, 0.1) is 5.02 Å². The van der Waals surface area contributed by atoms with Crippen LogP contribution in [-0.4, -0.2) is 23.0 Å². The lowest BCUT2D eigenvalue weighted by atomic mass is 10.0. The predicted octanol–water partition coefficient (Wildman–Crippen LogP) is 2.55. The fourth-order valence-electron chi connectivity index (χ4n) is 1.30. The first-order valence-electron chi connectivity index (χ1n) is 5.11. The summed E-state index contributed by atoms with van der Waals surface area (Å²) >= 11 is 7.16. The van der Waals surface area contributed by atoms with Crippen molar-refractivity contribution < 1.29 is 14.7 Å². The van der Waals surface area contributed by atoms with Gasteiger partial charge in [-0.2, -0.15) is 0 Å². The van der Waals surface area contributed by atoms with Crippen LogP contribution in [0.4, 0.5) is 0 Å². The van der Waals surface area contributed by atoms with E-state index in [1.807, 2.05) is 0 Å². The summed E-state index contributed by atoms with van der Waals surface area (Å²) in [5, 5.41) is 13.6. The largest absolute Gasteiger partial charge is 0.480 e. The number of nitrogens with one attached hydrogen (secondary N) is 1. The van der Waals surface area contributed by atoms with Crippen molar-refractivity contribution in [1.82, 2.24) is 5.32 Å². The first-order chi connectivity index (χ1) is 7.84. The molecule has 0 radical (unpaired) electrons. The van der Waals surface area contributed by atoms with Crippen LogP contribution in [0.25, 0.3) is 0 Å². The van der Waals surface area contributed by atoms with Crippen molar-refractivity contribution in [1.29, 1.82) is 0 Å². The maximum atomic E-state index is 11.8. The fourth-order valence-corrected chi connectivity index (χ4v) is 2.48. The third-order valence-corrected chi connectivity index (χ3v) is 4.02. The molecule has 4 nitrogen and oxygen atoms in total. The van der Waals surface area contributed by atoms with E-state index in [0.29, 0.717) is 9.90 Å². The van der Waals surface area contributed by atoms with Crippen LogP contribution in [0.5, 0.6) is 0 Å². The Balaban J connectivity index is 2.85. The molecule has 0 bridgehead atoms. The highest BCUT2D eigenvalue weighted by Crippen LogP contribution is 2.27. The van der Waals surface area contributed by atoms with Gasteiger partial charge in [0, 0.05) is 0 Å². The van der Waals surface area contributed by atoms with Crippen LogP contribution in [0.2, 0.25) is 5.02 Å². The van der Waals surface area contributed by atoms with Gasteiger partial charge in [-0.05, 0) is 23.8 Å². The smallest absolute Gasteiger partial charge is 0.326 e. The number of carboxylic acids is 1. The molecule has 0 saturated heterocycles. The Morgan fingerprint density at radius 2 is 2.06 bits per heavy atom. The van der Waals surface area contributed by atoms with E-state index >= 15 is 0 Å². The van der Waals surface area contributed by atoms with Gasteiger partial charge in [0.1, 0.15) is 10.9 Å². The minimum absolute atomic E-state index is 0.184. The zero-order valence-electron chi connectivity index (χ0n) is 9.78. The lowest BCUT2D eigenvalue weighted by molar-refractivity contribution is -0.140. The van der Waals surface area contributed by atoms with E-state index in [0.717, 1.165) is 5.56 Å². The molecular weight excluding hydrogens is 262 g/mol. The summed E-state index contributed by atoms with van der Waals surface area (Å²) in [6.07, 6.45) is 0. The third kappa shape index (κ3) is 3.20. The van der Waals surface area contributed by atoms with Gasteiger partial charge in [0.15, 0.2) is 0 Å². The summed E-state index contributed by atoms with van der Waals surface area (Å²) in [7, 11) is 0. The Bertz CT molecular complexity index is 442. The van der Waals surface area contributed by atoms with Crippen molar-refractivity contribution in [2.45, 2.75) is 26.8 Å². The summed E-state index contributed by atoms with van der Waals surface area (Å²) in [5.74, 6) is -1.66. The zero-order chi connectivity index (χ0) is 13.2. The first-order valence-corrected chi connectivity index (χ1v) is 6.37. The molecule has 1 aromatic heterocycles. The highest BCUT2D eigenvalue weighted by molar-refractivity contribution is 7.13. The molecule has 0 unspecified atom stereocenters. The third-order valence-electron chi connectivity index (χ3n) is 2.32. The van der Waals surface area contributed by atoms with Crippen molar-refractivity contribution in [3.8, 4) is 0 Å². The molecular formula is C11H14ClNO3S. The molecule has 6 heteroatoms. The summed E-state index contributed by atoms with van der Waals surface area (Å²) in [6.45, 7) is 5.27. The van der Waals surface area contributed by atoms with Gasteiger partial charge in [-0.3, -0.25) is 4.79 Å². The van der Waals surface area contributed by atoms with Crippen LogP contribution in [0.15, 0.2) is 5.38 Å². The molecule has 1 heterocycles. The van der Waals surface area contributed by atoms with Crippen LogP contribution < -0.4 is 5.32 Å². The predicted molar refractivity (Wildman–Crippen MR) is 67.8 cm³/mol. The average molecular weight is 276 g/mol. The number of carboxylic acid groups (broad SMARTS) is 1. The molecule has 0 saturated carbocycles. The van der Waals surface area contributed by atoms with Gasteiger partial charge in [0.25, 0.3) is 5.91 Å². The maximum absolute atomic E-state index is 11.8. The Hall–Kier alpha value is -1.07. The van der Waals surface area contributed by atoms with E-state index < -0.39 is 17.9 Å². The second-order valence-electron chi connectivity index (χ2n) is 4.10. The molecule has 1 atom stereocenters. The SMILES string of the molecule is Cc1csc(C(=O)N[C@H](C(=O)O)C(C)C)c1Cl. The van der Waals surface area contributed by atoms with Crippen LogP contribution in [-0.2, 0) is 4.79 Å². The number of rotatable bonds is 4. The van der Waals surface area contributed by atoms with E-state index in [1.165, 1.54) is 11.3 Å². The number of amides is 1. The monoisotopic (exact) mass is 275 g/mol. The fraction of sp³-hybridized carbons (Fsp3) is 0.455. The summed E-state index contributed by atoms with van der Waals surface area (Å²) < 4.78 is 0. The molecule has 1 amide bonds. The van der Waals surface area contributed by atoms with Gasteiger partial charge in [-0.1, -0.05) is 25.4 Å². The van der Waals surface area contributed by atoms with Crippen LogP contribution in [0.3, 0.4) is 0 Å². The van der Waals surface area contributed by atoms with Gasteiger partial charge in [-0.25, -0.2) is 4.79 Å². The minimum atomic E-state index is -1.04. The molecule has 2 N–H and O–H groups in total. The standard InChI is InChI=1S/C11H14ClNO3S/c1-5(2)8(11(15)16)13-10(14)9-7(12)6(3)4-17-9/h4-5,8H,1-3H3,(H,13,14)(H,15,16)/t8-/m0/s1. The molecule has 94 valence electrons. The Kier molecular flexibility index (Phi) is 4.54. The molecule has 1 rings (SSSR count). The lowest BCUT2D eigenvalue weighted by Crippen LogP contribution is -2.44. The number of halogens is 1. The van der Waals surface area contributed by atoms with Gasteiger partial charge in [0.2, 0.25) is 0 Å². The molecule has 0 aliphatic rings. The Morgan fingerprint density at radius 1 is 1.47 bits per heavy atom. The molecule has 0 fully saturated rings. The molecule has 17 heavy (non-hydrogen) atoms. The van der Waals surface area contributed by atoms with E-state index in [4.69, 9.17) is 16.7 Å².